The molecule has 0 saturated heterocycles. The molecule has 0 saturated carbocycles. The molecule has 48 heavy (non-hydrogen) atoms. The summed E-state index contributed by atoms with van der Waals surface area (Å²) < 4.78 is 41.7. The van der Waals surface area contributed by atoms with Gasteiger partial charge in [0.2, 0.25) is 0 Å². The third-order valence-electron chi connectivity index (χ3n) is 7.46. The lowest BCUT2D eigenvalue weighted by Gasteiger charge is -2.45. The van der Waals surface area contributed by atoms with Crippen molar-refractivity contribution in [3.05, 3.63) is 57.1 Å². The molecule has 0 aliphatic heterocycles. The number of hydroxylamine groups is 2. The third-order valence-corrected chi connectivity index (χ3v) is 8.30. The van der Waals surface area contributed by atoms with E-state index in [1.807, 2.05) is 13.8 Å². The first kappa shape index (κ1) is 41.5. The molecule has 0 aliphatic carbocycles. The lowest BCUT2D eigenvalue weighted by Crippen LogP contribution is -2.52. The summed E-state index contributed by atoms with van der Waals surface area (Å²) in [5, 5.41) is 15.0. The van der Waals surface area contributed by atoms with Gasteiger partial charge < -0.3 is 19.9 Å². The molecule has 2 N–H and O–H groups in total. The fraction of sp³-hybridized carbons (Fsp3) is 0.636. The maximum Gasteiger partial charge on any atom is 0.436 e. The van der Waals surface area contributed by atoms with Gasteiger partial charge in [-0.3, -0.25) is 9.97 Å². The summed E-state index contributed by atoms with van der Waals surface area (Å²) >= 11 is 12.9. The van der Waals surface area contributed by atoms with Gasteiger partial charge in [-0.05, 0) is 78.0 Å². The predicted octanol–water partition coefficient (Wildman–Crippen LogP) is 7.84. The minimum absolute atomic E-state index is 0.165. The first-order valence-electron chi connectivity index (χ1n) is 15.6. The highest BCUT2D eigenvalue weighted by atomic mass is 35.5. The molecule has 2 heterocycles. The van der Waals surface area contributed by atoms with E-state index < -0.39 is 63.0 Å². The number of amides is 2. The lowest BCUT2D eigenvalue weighted by atomic mass is 9.70. The number of nitrogens with zero attached hydrogens (tertiary/aromatic N) is 3. The number of aliphatic hydroxyl groups is 1. The van der Waals surface area contributed by atoms with Gasteiger partial charge in [0.1, 0.15) is 5.60 Å². The maximum atomic E-state index is 14.2. The van der Waals surface area contributed by atoms with E-state index in [0.29, 0.717) is 16.3 Å². The van der Waals surface area contributed by atoms with E-state index in [4.69, 9.17) is 37.0 Å². The number of rotatable bonds is 11. The van der Waals surface area contributed by atoms with E-state index in [1.165, 1.54) is 25.4 Å². The molecule has 2 aromatic heterocycles. The highest BCUT2D eigenvalue weighted by Crippen LogP contribution is 2.50. The second-order valence-corrected chi connectivity index (χ2v) is 17.0. The van der Waals surface area contributed by atoms with Crippen LogP contribution in [0.3, 0.4) is 0 Å². The van der Waals surface area contributed by atoms with E-state index in [1.54, 1.807) is 68.4 Å². The number of hydrogen-bond acceptors (Lipinski definition) is 10. The summed E-state index contributed by atoms with van der Waals surface area (Å²) in [6, 6.07) is 2.50. The summed E-state index contributed by atoms with van der Waals surface area (Å²) in [7, 11) is -4.18. The first-order valence-corrected chi connectivity index (χ1v) is 18.2. The Morgan fingerprint density at radius 3 is 1.85 bits per heavy atom. The van der Waals surface area contributed by atoms with Crippen molar-refractivity contribution in [1.82, 2.24) is 20.3 Å². The number of pyridine rings is 2. The Labute approximate surface area is 294 Å². The normalized spacial score (nSPS) is 15.8. The van der Waals surface area contributed by atoms with Crippen LogP contribution < -0.4 is 5.32 Å². The van der Waals surface area contributed by atoms with E-state index in [-0.39, 0.29) is 27.2 Å². The average molecular weight is 734 g/mol. The number of nitrogens with one attached hydrogen (secondary N) is 1. The van der Waals surface area contributed by atoms with Crippen molar-refractivity contribution in [2.75, 3.05) is 6.26 Å². The van der Waals surface area contributed by atoms with Gasteiger partial charge in [0.15, 0.2) is 5.60 Å². The molecule has 0 aromatic carbocycles. The molecule has 0 spiro atoms. The second kappa shape index (κ2) is 15.5. The molecular weight excluding hydrogens is 683 g/mol. The Balaban J connectivity index is 3.01. The first-order chi connectivity index (χ1) is 21.7. The van der Waals surface area contributed by atoms with Crippen molar-refractivity contribution in [3.63, 3.8) is 0 Å². The van der Waals surface area contributed by atoms with E-state index in [2.05, 4.69) is 15.3 Å². The van der Waals surface area contributed by atoms with Crippen molar-refractivity contribution in [2.24, 2.45) is 11.8 Å². The van der Waals surface area contributed by atoms with Gasteiger partial charge in [-0.25, -0.2) is 9.59 Å². The number of halogens is 2. The van der Waals surface area contributed by atoms with Gasteiger partial charge in [-0.15, -0.1) is 4.28 Å². The van der Waals surface area contributed by atoms with Crippen LogP contribution in [0.15, 0.2) is 24.5 Å². The molecule has 2 rings (SSSR count). The maximum absolute atomic E-state index is 14.2. The van der Waals surface area contributed by atoms with Crippen LogP contribution in [-0.2, 0) is 29.5 Å². The fourth-order valence-electron chi connectivity index (χ4n) is 5.36. The van der Waals surface area contributed by atoms with Crippen molar-refractivity contribution in [1.29, 1.82) is 0 Å². The summed E-state index contributed by atoms with van der Waals surface area (Å²) in [6.45, 7) is 20.7. The van der Waals surface area contributed by atoms with Crippen LogP contribution in [0, 0.1) is 11.8 Å². The zero-order chi connectivity index (χ0) is 37.2. The smallest absolute Gasteiger partial charge is 0.436 e. The number of carbonyl (C=O) groups is 2. The number of hydrogen-bond donors (Lipinski definition) is 2. The molecule has 1 unspecified atom stereocenters. The summed E-state index contributed by atoms with van der Waals surface area (Å²) in [6.07, 6.45) is 0.726. The molecule has 270 valence electrons. The van der Waals surface area contributed by atoms with Crippen LogP contribution in [0.2, 0.25) is 10.0 Å². The molecule has 2 aromatic rings. The van der Waals surface area contributed by atoms with Gasteiger partial charge in [0.25, 0.3) is 10.1 Å². The van der Waals surface area contributed by atoms with E-state index in [9.17, 15) is 23.1 Å². The Morgan fingerprint density at radius 2 is 1.42 bits per heavy atom. The van der Waals surface area contributed by atoms with Crippen LogP contribution in [0.4, 0.5) is 9.59 Å². The summed E-state index contributed by atoms with van der Waals surface area (Å²) in [4.78, 5) is 36.5. The summed E-state index contributed by atoms with van der Waals surface area (Å²) in [5.74, 6) is -1.64. The third kappa shape index (κ3) is 10.4. The zero-order valence-corrected chi connectivity index (χ0v) is 32.3. The molecule has 0 fully saturated rings. The van der Waals surface area contributed by atoms with Crippen LogP contribution in [0.1, 0.15) is 124 Å². The Kier molecular flexibility index (Phi) is 13.3. The molecule has 2 amide bonds. The SMILES string of the molecule is CC(C)[C@H](NC(=O)OC(C)(C)C)c1ncc(Cl)cc1C(C)[C@](OC(=O)N(OS(C)(=O)=O)C(C)(C)C)(c1ncc(Cl)cc1[C@H](C)O)C(C)C. The predicted molar refractivity (Wildman–Crippen MR) is 185 cm³/mol. The lowest BCUT2D eigenvalue weighted by molar-refractivity contribution is -0.141. The minimum atomic E-state index is -4.18. The van der Waals surface area contributed by atoms with Crippen LogP contribution in [0.5, 0.6) is 0 Å². The highest BCUT2D eigenvalue weighted by Gasteiger charge is 2.52. The Hall–Kier alpha value is -2.71. The quantitative estimate of drug-likeness (QED) is 0.218. The summed E-state index contributed by atoms with van der Waals surface area (Å²) in [5.41, 5.74) is -2.35. The fourth-order valence-corrected chi connectivity index (χ4v) is 6.25. The number of carbonyl (C=O) groups excluding carboxylic acids is 2. The van der Waals surface area contributed by atoms with Crippen molar-refractivity contribution in [3.8, 4) is 0 Å². The van der Waals surface area contributed by atoms with Crippen molar-refractivity contribution in [2.45, 2.75) is 118 Å². The molecule has 0 aliphatic rings. The minimum Gasteiger partial charge on any atom is -0.444 e. The highest BCUT2D eigenvalue weighted by molar-refractivity contribution is 7.85. The molecular formula is C33H50Cl2N4O8S. The van der Waals surface area contributed by atoms with Crippen molar-refractivity contribution >= 4 is 45.5 Å². The molecule has 12 nitrogen and oxygen atoms in total. The molecule has 15 heteroatoms. The van der Waals surface area contributed by atoms with Crippen LogP contribution in [-0.4, -0.2) is 58.1 Å². The average Bonchev–Trinajstić information content (AvgIpc) is 2.90. The van der Waals surface area contributed by atoms with Gasteiger partial charge in [0, 0.05) is 23.9 Å². The molecule has 0 bridgehead atoms. The largest absolute Gasteiger partial charge is 0.444 e. The molecule has 4 atom stereocenters. The number of alkyl carbamates (subject to hydrolysis) is 1. The number of aromatic nitrogens is 2. The number of ether oxygens (including phenoxy) is 2. The monoisotopic (exact) mass is 732 g/mol. The van der Waals surface area contributed by atoms with Crippen LogP contribution >= 0.6 is 23.2 Å². The van der Waals surface area contributed by atoms with Gasteiger partial charge in [-0.2, -0.15) is 13.5 Å². The zero-order valence-electron chi connectivity index (χ0n) is 30.0. The topological polar surface area (TPSA) is 157 Å². The standard InChI is InChI=1S/C33H50Cl2N4O8S/c1-18(2)26(38-29(41)45-32(10,11)12)27-24(14-22(34)16-36-27)20(5)33(19(3)4,28-25(21(6)40)15-23(35)17-37-28)46-30(42)39(31(7,8)9)47-48(13,43)44/h14-21,26,40H,1-13H3,(H,38,41)/t20?,21-,26-,33-/m0/s1. The van der Waals surface area contributed by atoms with E-state index >= 15 is 0 Å². The van der Waals surface area contributed by atoms with Crippen LogP contribution in [0.25, 0.3) is 0 Å². The Morgan fingerprint density at radius 1 is 0.896 bits per heavy atom. The van der Waals surface area contributed by atoms with Gasteiger partial charge >= 0.3 is 12.2 Å². The van der Waals surface area contributed by atoms with E-state index in [0.717, 1.165) is 6.26 Å². The van der Waals surface area contributed by atoms with Gasteiger partial charge in [-0.1, -0.05) is 57.8 Å². The second-order valence-electron chi connectivity index (χ2n) is 14.5. The molecule has 0 radical (unpaired) electrons. The van der Waals surface area contributed by atoms with Gasteiger partial charge in [0.05, 0.1) is 45.4 Å². The van der Waals surface area contributed by atoms with Crippen molar-refractivity contribution < 1.29 is 36.9 Å². The Bertz CT molecular complexity index is 1570. The number of aliphatic hydroxyl groups excluding tert-OH is 1.